The van der Waals surface area contributed by atoms with E-state index in [0.29, 0.717) is 11.1 Å². The molecule has 6 heteroatoms. The minimum atomic E-state index is 0. The van der Waals surface area contributed by atoms with E-state index < -0.39 is 0 Å². The predicted octanol–water partition coefficient (Wildman–Crippen LogP) is 14.3. The van der Waals surface area contributed by atoms with E-state index in [1.165, 1.54) is 22.3 Å². The molecule has 10 aromatic rings. The molecule has 0 unspecified atom stereocenters. The average Bonchev–Trinajstić information content (AvgIpc) is 3.42. The van der Waals surface area contributed by atoms with Crippen LogP contribution in [0.15, 0.2) is 207 Å². The molecule has 5 nitrogen and oxygen atoms in total. The van der Waals surface area contributed by atoms with Crippen molar-refractivity contribution in [3.05, 3.63) is 258 Å². The van der Waals surface area contributed by atoms with Gasteiger partial charge in [0.1, 0.15) is 0 Å². The van der Waals surface area contributed by atoms with E-state index in [1.807, 2.05) is 55.0 Å². The van der Waals surface area contributed by atoms with E-state index in [2.05, 4.69) is 158 Å². The Morgan fingerprint density at radius 3 is 1.29 bits per heavy atom. The molecule has 3 heterocycles. The van der Waals surface area contributed by atoms with Crippen LogP contribution in [0.5, 0.6) is 0 Å². The molecule has 0 spiro atoms. The smallest absolute Gasteiger partial charge is 0.304 e. The van der Waals surface area contributed by atoms with Crippen LogP contribution in [-0.4, -0.2) is 15.0 Å². The summed E-state index contributed by atoms with van der Waals surface area (Å²) < 4.78 is 0. The minimum absolute atomic E-state index is 0. The van der Waals surface area contributed by atoms with Gasteiger partial charge in [-0.3, -0.25) is 0 Å². The molecule has 7 aromatic carbocycles. The molecule has 0 fully saturated rings. The van der Waals surface area contributed by atoms with Gasteiger partial charge in [0, 0.05) is 18.6 Å². The molecule has 0 bridgehead atoms. The molecule has 0 radical (unpaired) electrons. The largest absolute Gasteiger partial charge is 3.00 e. The van der Waals surface area contributed by atoms with Crippen molar-refractivity contribution in [3.8, 4) is 90.4 Å². The normalized spacial score (nSPS) is 10.7. The maximum Gasteiger partial charge on any atom is 3.00 e. The molecule has 328 valence electrons. The maximum absolute atomic E-state index is 9.39. The van der Waals surface area contributed by atoms with Crippen molar-refractivity contribution >= 4 is 0 Å². The second kappa shape index (κ2) is 21.5. The van der Waals surface area contributed by atoms with Crippen molar-refractivity contribution in [2.45, 2.75) is 25.7 Å². The Morgan fingerprint density at radius 2 is 0.783 bits per heavy atom. The summed E-state index contributed by atoms with van der Waals surface area (Å²) in [6.45, 7) is 0. The number of rotatable bonds is 13. The van der Waals surface area contributed by atoms with E-state index in [4.69, 9.17) is 15.0 Å². The second-order valence-corrected chi connectivity index (χ2v) is 16.8. The van der Waals surface area contributed by atoms with E-state index in [1.54, 1.807) is 24.3 Å². The van der Waals surface area contributed by atoms with Crippen LogP contribution in [0.25, 0.3) is 78.3 Å². The molecule has 0 amide bonds. The maximum atomic E-state index is 9.39. The summed E-state index contributed by atoms with van der Waals surface area (Å²) in [7, 11) is 0. The third-order valence-corrected chi connectivity index (χ3v) is 12.2. The minimum Gasteiger partial charge on any atom is -0.304 e. The van der Waals surface area contributed by atoms with Crippen LogP contribution in [0.1, 0.15) is 33.4 Å². The number of benzene rings is 7. The number of nitriles is 2. The van der Waals surface area contributed by atoms with Gasteiger partial charge in [0.25, 0.3) is 0 Å². The van der Waals surface area contributed by atoms with Gasteiger partial charge in [-0.2, -0.15) is 10.5 Å². The molecular weight excluding hydrogens is 1020 g/mol. The first-order chi connectivity index (χ1) is 33.5. The number of hydrogen-bond acceptors (Lipinski definition) is 5. The van der Waals surface area contributed by atoms with E-state index in [0.717, 1.165) is 104 Å². The van der Waals surface area contributed by atoms with Crippen molar-refractivity contribution in [2.75, 3.05) is 0 Å². The van der Waals surface area contributed by atoms with Crippen LogP contribution >= 0.6 is 0 Å². The van der Waals surface area contributed by atoms with Gasteiger partial charge in [-0.05, 0) is 115 Å². The van der Waals surface area contributed by atoms with Gasteiger partial charge in [0.15, 0.2) is 0 Å². The van der Waals surface area contributed by atoms with Crippen molar-refractivity contribution in [1.29, 1.82) is 10.5 Å². The van der Waals surface area contributed by atoms with Gasteiger partial charge in [-0.15, -0.1) is 95.1 Å². The van der Waals surface area contributed by atoms with Crippen molar-refractivity contribution < 1.29 is 20.1 Å². The standard InChI is InChI=1S/C63H42N5.Ir/c64-39-48-9-6-14-54(36-48)61-30-23-44(41-66-61)19-21-46-33-47(22-20-45-24-31-62(67-42-45)55-15-7-10-49(37-55)40-65)35-58(34-46)60-18-5-4-17-59(60)57-29-32-63(68-43-57)56-16-8-13-53(38-56)52-27-25-51(26-28-52)50-11-2-1-3-12-50;/h1-13,17-18,23-38,41-43H,19-22H2;/q-3;+3. The van der Waals surface area contributed by atoms with Crippen molar-refractivity contribution in [1.82, 2.24) is 15.0 Å². The van der Waals surface area contributed by atoms with E-state index >= 15 is 0 Å². The SMILES string of the molecule is N#Cc1cc[c-]c(-c2ccc(CCc3cc(CCc4ccc(-c5[c-]ccc(C#N)c5)nc4)cc(-c4ccccc4-c4ccc(-c5[c-]ccc(-c6ccc(-c7ccccc7)cc6)c5)nc4)c3)cn2)c1.[Ir+3]. The van der Waals surface area contributed by atoms with Crippen LogP contribution in [0.3, 0.4) is 0 Å². The molecule has 0 aliphatic rings. The Kier molecular flexibility index (Phi) is 14.3. The van der Waals surface area contributed by atoms with Gasteiger partial charge in [-0.1, -0.05) is 133 Å². The number of hydrogen-bond donors (Lipinski definition) is 0. The quantitative estimate of drug-likeness (QED) is 0.107. The molecule has 0 aliphatic heterocycles. The summed E-state index contributed by atoms with van der Waals surface area (Å²) in [6.07, 6.45) is 9.14. The van der Waals surface area contributed by atoms with Crippen LogP contribution in [0, 0.1) is 40.9 Å². The monoisotopic (exact) mass is 1060 g/mol. The number of aromatic nitrogens is 3. The summed E-state index contributed by atoms with van der Waals surface area (Å²) in [4.78, 5) is 14.5. The van der Waals surface area contributed by atoms with Gasteiger partial charge in [0.2, 0.25) is 0 Å². The fraction of sp³-hybridized carbons (Fsp3) is 0.0635. The Hall–Kier alpha value is -8.38. The van der Waals surface area contributed by atoms with Crippen LogP contribution < -0.4 is 0 Å². The molecule has 0 saturated carbocycles. The Morgan fingerprint density at radius 1 is 0.348 bits per heavy atom. The van der Waals surface area contributed by atoms with Gasteiger partial charge >= 0.3 is 20.1 Å². The average molecular weight is 1060 g/mol. The van der Waals surface area contributed by atoms with E-state index in [9.17, 15) is 10.5 Å². The number of aryl methyl sites for hydroxylation is 4. The predicted molar refractivity (Wildman–Crippen MR) is 272 cm³/mol. The topological polar surface area (TPSA) is 86.2 Å². The molecule has 69 heavy (non-hydrogen) atoms. The first-order valence-electron chi connectivity index (χ1n) is 22.7. The zero-order valence-corrected chi connectivity index (χ0v) is 39.9. The molecule has 3 aromatic heterocycles. The van der Waals surface area contributed by atoms with E-state index in [-0.39, 0.29) is 20.1 Å². The molecule has 0 N–H and O–H groups in total. The van der Waals surface area contributed by atoms with Gasteiger partial charge in [-0.25, -0.2) is 0 Å². The first kappa shape index (κ1) is 45.8. The van der Waals surface area contributed by atoms with Crippen LogP contribution in [0.4, 0.5) is 0 Å². The van der Waals surface area contributed by atoms with Crippen molar-refractivity contribution in [2.24, 2.45) is 0 Å². The third-order valence-electron chi connectivity index (χ3n) is 12.2. The number of nitrogens with zero attached hydrogens (tertiary/aromatic N) is 5. The van der Waals surface area contributed by atoms with Gasteiger partial charge in [0.05, 0.1) is 12.1 Å². The summed E-state index contributed by atoms with van der Waals surface area (Å²) in [6, 6.07) is 78.4. The zero-order valence-electron chi connectivity index (χ0n) is 37.5. The number of pyridine rings is 3. The molecule has 0 aliphatic carbocycles. The summed E-state index contributed by atoms with van der Waals surface area (Å²) in [5, 5.41) is 18.8. The molecular formula is C63H42IrN5. The Labute approximate surface area is 417 Å². The summed E-state index contributed by atoms with van der Waals surface area (Å²) >= 11 is 0. The molecule has 0 saturated heterocycles. The third kappa shape index (κ3) is 10.9. The first-order valence-corrected chi connectivity index (χ1v) is 22.7. The fourth-order valence-electron chi connectivity index (χ4n) is 8.59. The molecule has 10 rings (SSSR count). The summed E-state index contributed by atoms with van der Waals surface area (Å²) in [5.41, 5.74) is 20.0. The van der Waals surface area contributed by atoms with Crippen molar-refractivity contribution in [3.63, 3.8) is 0 Å². The fourth-order valence-corrected chi connectivity index (χ4v) is 8.59. The molecule has 0 atom stereocenters. The van der Waals surface area contributed by atoms with Crippen LogP contribution in [0.2, 0.25) is 0 Å². The summed E-state index contributed by atoms with van der Waals surface area (Å²) in [5.74, 6) is 0. The Balaban J connectivity index is 0.00000593. The Bertz CT molecular complexity index is 3320. The van der Waals surface area contributed by atoms with Gasteiger partial charge < -0.3 is 15.0 Å². The van der Waals surface area contributed by atoms with Crippen LogP contribution in [-0.2, 0) is 45.8 Å². The zero-order chi connectivity index (χ0) is 46.1. The second-order valence-electron chi connectivity index (χ2n) is 16.8.